The number of nitrogens with two attached hydrogens (primary N) is 1. The number of rotatable bonds is 4. The Morgan fingerprint density at radius 2 is 2.00 bits per heavy atom. The lowest BCUT2D eigenvalue weighted by Gasteiger charge is -2.14. The Kier molecular flexibility index (Phi) is 3.51. The van der Waals surface area contributed by atoms with Gasteiger partial charge in [-0.3, -0.25) is 4.79 Å². The Labute approximate surface area is 112 Å². The highest BCUT2D eigenvalue weighted by atomic mass is 32.2. The minimum absolute atomic E-state index is 0.0351. The maximum atomic E-state index is 11.8. The fourth-order valence-corrected chi connectivity index (χ4v) is 2.44. The first kappa shape index (κ1) is 13.8. The number of sulfonamides is 1. The van der Waals surface area contributed by atoms with Crippen LogP contribution in [0.5, 0.6) is 0 Å². The van der Waals surface area contributed by atoms with Gasteiger partial charge in [0.25, 0.3) is 5.91 Å². The van der Waals surface area contributed by atoms with Crippen LogP contribution in [0.3, 0.4) is 0 Å². The average molecular weight is 283 g/mol. The molecule has 19 heavy (non-hydrogen) atoms. The van der Waals surface area contributed by atoms with Crippen molar-refractivity contribution >= 4 is 21.6 Å². The fourth-order valence-electron chi connectivity index (χ4n) is 1.72. The summed E-state index contributed by atoms with van der Waals surface area (Å²) in [6, 6.07) is 4.81. The number of amides is 1. The van der Waals surface area contributed by atoms with Crippen LogP contribution in [0, 0.1) is 0 Å². The van der Waals surface area contributed by atoms with Crippen LogP contribution in [0.15, 0.2) is 23.1 Å². The maximum Gasteiger partial charge on any atom is 0.253 e. The highest BCUT2D eigenvalue weighted by Crippen LogP contribution is 2.29. The van der Waals surface area contributed by atoms with Crippen LogP contribution in [0.4, 0.5) is 5.69 Å². The Hall–Kier alpha value is -1.60. The van der Waals surface area contributed by atoms with E-state index in [-0.39, 0.29) is 10.8 Å². The number of benzene rings is 1. The molecule has 2 rings (SSSR count). The van der Waals surface area contributed by atoms with Crippen molar-refractivity contribution in [3.63, 3.8) is 0 Å². The molecular weight excluding hydrogens is 266 g/mol. The molecule has 0 aliphatic heterocycles. The Morgan fingerprint density at radius 3 is 2.47 bits per heavy atom. The van der Waals surface area contributed by atoms with Gasteiger partial charge in [0.1, 0.15) is 4.90 Å². The number of primary sulfonamides is 1. The molecule has 0 spiro atoms. The van der Waals surface area contributed by atoms with Crippen molar-refractivity contribution in [3.8, 4) is 0 Å². The van der Waals surface area contributed by atoms with Crippen molar-refractivity contribution in [3.05, 3.63) is 23.8 Å². The van der Waals surface area contributed by atoms with Crippen molar-refractivity contribution in [2.24, 2.45) is 5.14 Å². The maximum absolute atomic E-state index is 11.8. The lowest BCUT2D eigenvalue weighted by molar-refractivity contribution is 0.0827. The zero-order chi connectivity index (χ0) is 14.2. The van der Waals surface area contributed by atoms with E-state index in [1.54, 1.807) is 26.2 Å². The predicted octanol–water partition coefficient (Wildman–Crippen LogP) is 0.610. The third-order valence-electron chi connectivity index (χ3n) is 2.88. The Morgan fingerprint density at radius 1 is 1.37 bits per heavy atom. The summed E-state index contributed by atoms with van der Waals surface area (Å²) in [5.41, 5.74) is 0.760. The van der Waals surface area contributed by atoms with Gasteiger partial charge in [-0.15, -0.1) is 0 Å². The summed E-state index contributed by atoms with van der Waals surface area (Å²) < 4.78 is 23.2. The smallest absolute Gasteiger partial charge is 0.253 e. The van der Waals surface area contributed by atoms with Crippen molar-refractivity contribution in [1.29, 1.82) is 0 Å². The van der Waals surface area contributed by atoms with Crippen LogP contribution < -0.4 is 10.5 Å². The summed E-state index contributed by atoms with van der Waals surface area (Å²) in [7, 11) is -0.653. The molecule has 0 bridgehead atoms. The third kappa shape index (κ3) is 3.24. The third-order valence-corrected chi connectivity index (χ3v) is 3.83. The van der Waals surface area contributed by atoms with Gasteiger partial charge in [0.2, 0.25) is 10.0 Å². The molecule has 1 saturated carbocycles. The second kappa shape index (κ2) is 4.82. The molecule has 1 aromatic carbocycles. The van der Waals surface area contributed by atoms with Crippen molar-refractivity contribution < 1.29 is 13.2 Å². The molecule has 1 amide bonds. The SMILES string of the molecule is CN(C)C(=O)c1ccc(NC2CC2)c(S(N)(=O)=O)c1. The van der Waals surface area contributed by atoms with E-state index in [4.69, 9.17) is 5.14 Å². The van der Waals surface area contributed by atoms with Crippen LogP contribution in [0.25, 0.3) is 0 Å². The standard InChI is InChI=1S/C12H17N3O3S/c1-15(2)12(16)8-3-6-10(14-9-4-5-9)11(7-8)19(13,17)18/h3,6-7,9,14H,4-5H2,1-2H3,(H2,13,17,18). The van der Waals surface area contributed by atoms with E-state index < -0.39 is 10.0 Å². The van der Waals surface area contributed by atoms with E-state index in [0.29, 0.717) is 17.3 Å². The molecule has 1 aliphatic rings. The molecule has 0 radical (unpaired) electrons. The molecule has 1 aliphatic carbocycles. The van der Waals surface area contributed by atoms with Crippen LogP contribution in [-0.4, -0.2) is 39.4 Å². The topological polar surface area (TPSA) is 92.5 Å². The van der Waals surface area contributed by atoms with Gasteiger partial charge in [-0.05, 0) is 31.0 Å². The summed E-state index contributed by atoms with van der Waals surface area (Å²) in [5, 5.41) is 8.31. The van der Waals surface area contributed by atoms with Gasteiger partial charge in [-0.1, -0.05) is 0 Å². The van der Waals surface area contributed by atoms with Crippen molar-refractivity contribution in [2.45, 2.75) is 23.8 Å². The van der Waals surface area contributed by atoms with Crippen LogP contribution in [0.2, 0.25) is 0 Å². The van der Waals surface area contributed by atoms with E-state index in [2.05, 4.69) is 5.32 Å². The number of anilines is 1. The van der Waals surface area contributed by atoms with Gasteiger partial charge in [-0.2, -0.15) is 0 Å². The quantitative estimate of drug-likeness (QED) is 0.846. The van der Waals surface area contributed by atoms with E-state index in [9.17, 15) is 13.2 Å². The van der Waals surface area contributed by atoms with Crippen LogP contribution >= 0.6 is 0 Å². The first-order valence-corrected chi connectivity index (χ1v) is 7.48. The summed E-state index contributed by atoms with van der Waals surface area (Å²) >= 11 is 0. The second-order valence-corrected chi connectivity index (χ2v) is 6.40. The van der Waals surface area contributed by atoms with Crippen molar-refractivity contribution in [2.75, 3.05) is 19.4 Å². The molecule has 0 aromatic heterocycles. The molecule has 0 unspecified atom stereocenters. The summed E-state index contributed by atoms with van der Waals surface area (Å²) in [4.78, 5) is 13.2. The van der Waals surface area contributed by atoms with Gasteiger partial charge < -0.3 is 10.2 Å². The van der Waals surface area contributed by atoms with E-state index in [1.165, 1.54) is 11.0 Å². The number of nitrogens with zero attached hydrogens (tertiary/aromatic N) is 1. The molecule has 6 nitrogen and oxygen atoms in total. The van der Waals surface area contributed by atoms with Crippen molar-refractivity contribution in [1.82, 2.24) is 4.90 Å². The molecule has 1 fully saturated rings. The van der Waals surface area contributed by atoms with Gasteiger partial charge in [0, 0.05) is 25.7 Å². The second-order valence-electron chi connectivity index (χ2n) is 4.87. The number of carbonyl (C=O) groups excluding carboxylic acids is 1. The first-order valence-electron chi connectivity index (χ1n) is 5.94. The van der Waals surface area contributed by atoms with E-state index in [0.717, 1.165) is 12.8 Å². The molecule has 3 N–H and O–H groups in total. The molecule has 0 heterocycles. The molecule has 1 aromatic rings. The molecule has 104 valence electrons. The zero-order valence-corrected chi connectivity index (χ0v) is 11.7. The zero-order valence-electron chi connectivity index (χ0n) is 10.9. The van der Waals surface area contributed by atoms with Gasteiger partial charge >= 0.3 is 0 Å². The molecule has 0 atom stereocenters. The van der Waals surface area contributed by atoms with Gasteiger partial charge in [-0.25, -0.2) is 13.6 Å². The minimum Gasteiger partial charge on any atom is -0.381 e. The van der Waals surface area contributed by atoms with E-state index in [1.807, 2.05) is 0 Å². The largest absolute Gasteiger partial charge is 0.381 e. The highest BCUT2D eigenvalue weighted by molar-refractivity contribution is 7.89. The Bertz CT molecular complexity index is 607. The summed E-state index contributed by atoms with van der Waals surface area (Å²) in [6.07, 6.45) is 2.03. The average Bonchev–Trinajstić information content (AvgIpc) is 3.11. The molecule has 7 heteroatoms. The molecular formula is C12H17N3O3S. The number of hydrogen-bond acceptors (Lipinski definition) is 4. The lowest BCUT2D eigenvalue weighted by atomic mass is 10.2. The first-order chi connectivity index (χ1) is 8.79. The number of hydrogen-bond donors (Lipinski definition) is 2. The van der Waals surface area contributed by atoms with Crippen LogP contribution in [0.1, 0.15) is 23.2 Å². The monoisotopic (exact) mass is 283 g/mol. The number of carbonyl (C=O) groups is 1. The molecule has 0 saturated heterocycles. The normalized spacial score (nSPS) is 15.1. The summed E-state index contributed by atoms with van der Waals surface area (Å²) in [5.74, 6) is -0.261. The minimum atomic E-state index is -3.87. The highest BCUT2D eigenvalue weighted by Gasteiger charge is 2.25. The number of nitrogens with one attached hydrogen (secondary N) is 1. The fraction of sp³-hybridized carbons (Fsp3) is 0.417. The predicted molar refractivity (Wildman–Crippen MR) is 72.5 cm³/mol. The van der Waals surface area contributed by atoms with Crippen LogP contribution in [-0.2, 0) is 10.0 Å². The van der Waals surface area contributed by atoms with Gasteiger partial charge in [0.05, 0.1) is 5.69 Å². The summed E-state index contributed by atoms with van der Waals surface area (Å²) in [6.45, 7) is 0. The van der Waals surface area contributed by atoms with Gasteiger partial charge in [0.15, 0.2) is 0 Å². The van der Waals surface area contributed by atoms with E-state index >= 15 is 0 Å². The Balaban J connectivity index is 2.44. The lowest BCUT2D eigenvalue weighted by Crippen LogP contribution is -2.23.